The fraction of sp³-hybridized carbons (Fsp3) is 0.261. The minimum atomic E-state index is -0.390. The molecule has 0 unspecified atom stereocenters. The van der Waals surface area contributed by atoms with Gasteiger partial charge < -0.3 is 19.8 Å². The lowest BCUT2D eigenvalue weighted by Gasteiger charge is -2.18. The van der Waals surface area contributed by atoms with Gasteiger partial charge >= 0.3 is 0 Å². The Morgan fingerprint density at radius 2 is 1.75 bits per heavy atom. The van der Waals surface area contributed by atoms with E-state index in [0.29, 0.717) is 47.3 Å². The molecule has 0 atom stereocenters. The maximum atomic E-state index is 13.4. The maximum Gasteiger partial charge on any atom is 0.291 e. The number of hydrogen-bond acceptors (Lipinski definition) is 6. The van der Waals surface area contributed by atoms with E-state index in [1.165, 1.54) is 12.1 Å². The monoisotopic (exact) mass is 435 g/mol. The van der Waals surface area contributed by atoms with Gasteiger partial charge in [-0.05, 0) is 24.3 Å². The minimum Gasteiger partial charge on any atom is -0.486 e. The normalized spacial score (nSPS) is 13.4. The number of hydrogen-bond donors (Lipinski definition) is 2. The summed E-state index contributed by atoms with van der Waals surface area (Å²) in [7, 11) is 0. The molecule has 0 radical (unpaired) electrons. The zero-order chi connectivity index (χ0) is 22.5. The average molecular weight is 435 g/mol. The quantitative estimate of drug-likeness (QED) is 0.504. The molecule has 0 fully saturated rings. The van der Waals surface area contributed by atoms with Gasteiger partial charge in [0.05, 0.1) is 22.4 Å². The summed E-state index contributed by atoms with van der Waals surface area (Å²) in [5.74, 6) is 1.47. The summed E-state index contributed by atoms with van der Waals surface area (Å²) < 4.78 is 26.3. The number of rotatable bonds is 3. The first-order chi connectivity index (χ1) is 15.3. The largest absolute Gasteiger partial charge is 0.486 e. The van der Waals surface area contributed by atoms with Crippen LogP contribution in [-0.4, -0.2) is 33.0 Å². The van der Waals surface area contributed by atoms with Crippen LogP contribution in [0.1, 0.15) is 26.5 Å². The zero-order valence-corrected chi connectivity index (χ0v) is 17.9. The molecule has 164 valence electrons. The third-order valence-electron chi connectivity index (χ3n) is 5.15. The molecule has 0 saturated heterocycles. The van der Waals surface area contributed by atoms with Gasteiger partial charge in [-0.3, -0.25) is 4.79 Å². The van der Waals surface area contributed by atoms with E-state index in [-0.39, 0.29) is 17.1 Å². The summed E-state index contributed by atoms with van der Waals surface area (Å²) >= 11 is 0. The molecule has 5 rings (SSSR count). The van der Waals surface area contributed by atoms with Crippen molar-refractivity contribution >= 4 is 22.7 Å². The van der Waals surface area contributed by atoms with Crippen molar-refractivity contribution in [2.24, 2.45) is 0 Å². The molecular formula is C23H22FN5O3. The van der Waals surface area contributed by atoms with Gasteiger partial charge in [0, 0.05) is 23.6 Å². The van der Waals surface area contributed by atoms with Crippen LogP contribution in [0, 0.1) is 5.82 Å². The standard InChI is InChI=1S/C23H22FN5O3/c1-23(2,3)19-12-20(29(28-19)14-6-4-13(24)5-7-14)27-21-22(30)26-16-11-18-17(10-15(16)25-21)31-8-9-32-18/h4-7,10-12H,8-9H2,1-3H3,(H,25,27)(H,26,30). The zero-order valence-electron chi connectivity index (χ0n) is 17.9. The lowest BCUT2D eigenvalue weighted by atomic mass is 9.92. The van der Waals surface area contributed by atoms with Gasteiger partial charge in [-0.1, -0.05) is 20.8 Å². The Bertz CT molecular complexity index is 1370. The van der Waals surface area contributed by atoms with Gasteiger partial charge in [0.15, 0.2) is 17.3 Å². The molecule has 4 aromatic rings. The van der Waals surface area contributed by atoms with Crippen molar-refractivity contribution in [3.63, 3.8) is 0 Å². The first-order valence-corrected chi connectivity index (χ1v) is 10.3. The first kappa shape index (κ1) is 20.0. The lowest BCUT2D eigenvalue weighted by Crippen LogP contribution is -2.17. The van der Waals surface area contributed by atoms with Gasteiger partial charge in [0.1, 0.15) is 24.8 Å². The molecule has 0 spiro atoms. The molecule has 0 bridgehead atoms. The van der Waals surface area contributed by atoms with Crippen LogP contribution in [0.15, 0.2) is 47.3 Å². The Morgan fingerprint density at radius 3 is 2.44 bits per heavy atom. The number of ether oxygens (including phenoxy) is 2. The van der Waals surface area contributed by atoms with E-state index in [1.54, 1.807) is 28.9 Å². The summed E-state index contributed by atoms with van der Waals surface area (Å²) in [6.45, 7) is 7.04. The highest BCUT2D eigenvalue weighted by Crippen LogP contribution is 2.33. The molecule has 2 N–H and O–H groups in total. The summed E-state index contributed by atoms with van der Waals surface area (Å²) in [6, 6.07) is 11.3. The van der Waals surface area contributed by atoms with Crippen molar-refractivity contribution in [2.45, 2.75) is 26.2 Å². The third-order valence-corrected chi connectivity index (χ3v) is 5.15. The summed E-state index contributed by atoms with van der Waals surface area (Å²) in [5, 5.41) is 7.78. The fourth-order valence-electron chi connectivity index (χ4n) is 3.45. The highest BCUT2D eigenvalue weighted by molar-refractivity contribution is 5.80. The molecule has 0 amide bonds. The third kappa shape index (κ3) is 3.66. The molecule has 1 aliphatic rings. The molecule has 2 aromatic heterocycles. The Labute approximate surface area is 183 Å². The van der Waals surface area contributed by atoms with Crippen LogP contribution in [0.3, 0.4) is 0 Å². The van der Waals surface area contributed by atoms with Crippen LogP contribution >= 0.6 is 0 Å². The number of aromatic amines is 1. The van der Waals surface area contributed by atoms with Crippen LogP contribution in [0.4, 0.5) is 16.0 Å². The Morgan fingerprint density at radius 1 is 1.06 bits per heavy atom. The average Bonchev–Trinajstić information content (AvgIpc) is 3.18. The smallest absolute Gasteiger partial charge is 0.291 e. The van der Waals surface area contributed by atoms with Crippen molar-refractivity contribution < 1.29 is 13.9 Å². The Kier molecular flexibility index (Phi) is 4.61. The molecule has 0 saturated carbocycles. The summed E-state index contributed by atoms with van der Waals surface area (Å²) in [4.78, 5) is 20.1. The number of fused-ring (bicyclic) bond motifs is 2. The number of nitrogens with one attached hydrogen (secondary N) is 2. The molecule has 8 nitrogen and oxygen atoms in total. The lowest BCUT2D eigenvalue weighted by molar-refractivity contribution is 0.172. The highest BCUT2D eigenvalue weighted by Gasteiger charge is 2.22. The molecule has 0 aliphatic carbocycles. The van der Waals surface area contributed by atoms with Crippen LogP contribution in [0.2, 0.25) is 0 Å². The van der Waals surface area contributed by atoms with E-state index in [1.807, 2.05) is 26.8 Å². The number of halogens is 1. The van der Waals surface area contributed by atoms with Crippen LogP contribution in [0.5, 0.6) is 11.5 Å². The number of nitrogens with zero attached hydrogens (tertiary/aromatic N) is 3. The topological polar surface area (TPSA) is 94.1 Å². The van der Waals surface area contributed by atoms with E-state index in [2.05, 4.69) is 20.4 Å². The molecule has 32 heavy (non-hydrogen) atoms. The van der Waals surface area contributed by atoms with Gasteiger partial charge in [-0.15, -0.1) is 0 Å². The Balaban J connectivity index is 1.59. The minimum absolute atomic E-state index is 0.109. The van der Waals surface area contributed by atoms with Gasteiger partial charge in [0.25, 0.3) is 5.56 Å². The van der Waals surface area contributed by atoms with E-state index < -0.39 is 5.56 Å². The van der Waals surface area contributed by atoms with Crippen LogP contribution in [-0.2, 0) is 5.41 Å². The number of aromatic nitrogens is 4. The summed E-state index contributed by atoms with van der Waals surface area (Å²) in [5.41, 5.74) is 1.94. The van der Waals surface area contributed by atoms with Crippen molar-refractivity contribution in [2.75, 3.05) is 18.5 Å². The van der Waals surface area contributed by atoms with E-state index in [9.17, 15) is 9.18 Å². The predicted molar refractivity (Wildman–Crippen MR) is 119 cm³/mol. The van der Waals surface area contributed by atoms with Crippen LogP contribution < -0.4 is 20.3 Å². The number of benzene rings is 2. The van der Waals surface area contributed by atoms with Gasteiger partial charge in [0.2, 0.25) is 0 Å². The molecule has 1 aliphatic heterocycles. The number of anilines is 2. The fourth-order valence-corrected chi connectivity index (χ4v) is 3.45. The van der Waals surface area contributed by atoms with Crippen molar-refractivity contribution in [3.05, 3.63) is 64.3 Å². The second-order valence-corrected chi connectivity index (χ2v) is 8.61. The van der Waals surface area contributed by atoms with E-state index >= 15 is 0 Å². The van der Waals surface area contributed by atoms with Gasteiger partial charge in [-0.2, -0.15) is 5.10 Å². The SMILES string of the molecule is CC(C)(C)c1cc(Nc2nc3cc4c(cc3[nH]c2=O)OCCO4)n(-c2ccc(F)cc2)n1. The van der Waals surface area contributed by atoms with Crippen molar-refractivity contribution in [3.8, 4) is 17.2 Å². The Hall–Kier alpha value is -3.88. The second kappa shape index (κ2) is 7.37. The number of H-pyrrole nitrogens is 1. The van der Waals surface area contributed by atoms with E-state index in [0.717, 1.165) is 5.69 Å². The van der Waals surface area contributed by atoms with E-state index in [4.69, 9.17) is 9.47 Å². The second-order valence-electron chi connectivity index (χ2n) is 8.61. The van der Waals surface area contributed by atoms with Crippen molar-refractivity contribution in [1.29, 1.82) is 0 Å². The maximum absolute atomic E-state index is 13.4. The first-order valence-electron chi connectivity index (χ1n) is 10.3. The predicted octanol–water partition coefficient (Wildman–Crippen LogP) is 4.06. The van der Waals surface area contributed by atoms with Crippen LogP contribution in [0.25, 0.3) is 16.7 Å². The molecule has 2 aromatic carbocycles. The highest BCUT2D eigenvalue weighted by atomic mass is 19.1. The van der Waals surface area contributed by atoms with Crippen molar-refractivity contribution in [1.82, 2.24) is 19.7 Å². The van der Waals surface area contributed by atoms with Gasteiger partial charge in [-0.25, -0.2) is 14.1 Å². The molecular weight excluding hydrogens is 413 g/mol. The molecule has 9 heteroatoms. The summed E-state index contributed by atoms with van der Waals surface area (Å²) in [6.07, 6.45) is 0. The molecule has 3 heterocycles.